The molecule has 2 aromatic heterocycles. The largest absolute Gasteiger partial charge is 0.350 e. The van der Waals surface area contributed by atoms with Gasteiger partial charge in [0.05, 0.1) is 17.8 Å². The van der Waals surface area contributed by atoms with Gasteiger partial charge in [-0.05, 0) is 26.0 Å². The van der Waals surface area contributed by atoms with E-state index in [0.29, 0.717) is 18.1 Å². The number of carbonyl (C=O) groups excluding carboxylic acids is 1. The number of nitrogens with zero attached hydrogens (tertiary/aromatic N) is 3. The number of hydrogen-bond donors (Lipinski definition) is 2. The lowest BCUT2D eigenvalue weighted by molar-refractivity contribution is 0.0942. The molecule has 1 amide bonds. The third-order valence-corrected chi connectivity index (χ3v) is 2.49. The van der Waals surface area contributed by atoms with E-state index < -0.39 is 0 Å². The summed E-state index contributed by atoms with van der Waals surface area (Å²) < 4.78 is 0. The van der Waals surface area contributed by atoms with Gasteiger partial charge in [0.1, 0.15) is 0 Å². The van der Waals surface area contributed by atoms with Crippen molar-refractivity contribution in [2.24, 2.45) is 0 Å². The van der Waals surface area contributed by atoms with Crippen molar-refractivity contribution in [3.8, 4) is 0 Å². The van der Waals surface area contributed by atoms with E-state index in [1.807, 2.05) is 32.0 Å². The van der Waals surface area contributed by atoms with Crippen LogP contribution in [0.1, 0.15) is 29.9 Å². The molecular formula is C14H17N5O. The van der Waals surface area contributed by atoms with Crippen LogP contribution in [0.4, 0.5) is 5.95 Å². The highest BCUT2D eigenvalue weighted by atomic mass is 16.1. The highest BCUT2D eigenvalue weighted by Crippen LogP contribution is 2.03. The molecule has 0 atom stereocenters. The minimum atomic E-state index is -0.170. The Balaban J connectivity index is 1.93. The maximum Gasteiger partial charge on any atom is 0.254 e. The molecule has 2 N–H and O–H groups in total. The molecule has 0 unspecified atom stereocenters. The Labute approximate surface area is 117 Å². The van der Waals surface area contributed by atoms with Crippen molar-refractivity contribution in [3.63, 3.8) is 0 Å². The van der Waals surface area contributed by atoms with Crippen molar-refractivity contribution in [2.75, 3.05) is 5.32 Å². The molecule has 20 heavy (non-hydrogen) atoms. The van der Waals surface area contributed by atoms with E-state index in [-0.39, 0.29) is 11.9 Å². The van der Waals surface area contributed by atoms with Crippen molar-refractivity contribution in [2.45, 2.75) is 26.4 Å². The smallest absolute Gasteiger partial charge is 0.254 e. The van der Waals surface area contributed by atoms with E-state index in [1.54, 1.807) is 6.20 Å². The van der Waals surface area contributed by atoms with Gasteiger partial charge in [-0.2, -0.15) is 0 Å². The zero-order valence-electron chi connectivity index (χ0n) is 11.5. The highest BCUT2D eigenvalue weighted by molar-refractivity contribution is 5.93. The van der Waals surface area contributed by atoms with Gasteiger partial charge in [0.2, 0.25) is 5.95 Å². The number of rotatable bonds is 5. The van der Waals surface area contributed by atoms with Gasteiger partial charge in [-0.1, -0.05) is 6.07 Å². The number of amides is 1. The molecule has 0 spiro atoms. The number of anilines is 1. The van der Waals surface area contributed by atoms with Crippen molar-refractivity contribution in [3.05, 3.63) is 48.0 Å². The van der Waals surface area contributed by atoms with Crippen LogP contribution in [-0.4, -0.2) is 26.9 Å². The fourth-order valence-electron chi connectivity index (χ4n) is 1.55. The predicted octanol–water partition coefficient (Wildman–Crippen LogP) is 1.62. The van der Waals surface area contributed by atoms with Gasteiger partial charge in [0, 0.05) is 24.6 Å². The summed E-state index contributed by atoms with van der Waals surface area (Å²) in [5, 5.41) is 5.84. The van der Waals surface area contributed by atoms with E-state index >= 15 is 0 Å². The third kappa shape index (κ3) is 4.01. The van der Waals surface area contributed by atoms with Crippen LogP contribution in [0.15, 0.2) is 36.8 Å². The molecule has 104 valence electrons. The molecule has 0 aliphatic rings. The Morgan fingerprint density at radius 3 is 2.55 bits per heavy atom. The molecule has 0 saturated heterocycles. The van der Waals surface area contributed by atoms with Gasteiger partial charge in [-0.3, -0.25) is 9.78 Å². The Morgan fingerprint density at radius 2 is 1.95 bits per heavy atom. The first-order valence-electron chi connectivity index (χ1n) is 6.42. The second kappa shape index (κ2) is 6.60. The first kappa shape index (κ1) is 13.9. The van der Waals surface area contributed by atoms with Gasteiger partial charge in [-0.25, -0.2) is 9.97 Å². The maximum absolute atomic E-state index is 11.7. The van der Waals surface area contributed by atoms with E-state index in [0.717, 1.165) is 5.69 Å². The topological polar surface area (TPSA) is 79.8 Å². The lowest BCUT2D eigenvalue weighted by Gasteiger charge is -2.08. The molecule has 0 saturated carbocycles. The van der Waals surface area contributed by atoms with E-state index in [4.69, 9.17) is 0 Å². The normalized spacial score (nSPS) is 10.3. The van der Waals surface area contributed by atoms with Crippen LogP contribution in [-0.2, 0) is 6.54 Å². The second-order valence-electron chi connectivity index (χ2n) is 4.60. The Bertz CT molecular complexity index is 554. The van der Waals surface area contributed by atoms with Gasteiger partial charge < -0.3 is 10.6 Å². The van der Waals surface area contributed by atoms with Crippen LogP contribution in [0.2, 0.25) is 0 Å². The monoisotopic (exact) mass is 271 g/mol. The minimum Gasteiger partial charge on any atom is -0.350 e. The fourth-order valence-corrected chi connectivity index (χ4v) is 1.55. The molecule has 0 aliphatic carbocycles. The molecule has 0 radical (unpaired) electrons. The summed E-state index contributed by atoms with van der Waals surface area (Å²) in [6.07, 6.45) is 4.74. The maximum atomic E-state index is 11.7. The number of hydrogen-bond acceptors (Lipinski definition) is 5. The van der Waals surface area contributed by atoms with Crippen LogP contribution in [0.5, 0.6) is 0 Å². The summed E-state index contributed by atoms with van der Waals surface area (Å²) in [6.45, 7) is 4.35. The van der Waals surface area contributed by atoms with Crippen LogP contribution in [0, 0.1) is 0 Å². The summed E-state index contributed by atoms with van der Waals surface area (Å²) in [5.41, 5.74) is 1.35. The average molecular weight is 271 g/mol. The Kier molecular flexibility index (Phi) is 4.60. The Hall–Kier alpha value is -2.50. The van der Waals surface area contributed by atoms with E-state index in [2.05, 4.69) is 25.6 Å². The SMILES string of the molecule is CC(C)NC(=O)c1cnc(NCc2ccccn2)nc1. The quantitative estimate of drug-likeness (QED) is 0.864. The van der Waals surface area contributed by atoms with Gasteiger partial charge in [0.25, 0.3) is 5.91 Å². The first-order valence-corrected chi connectivity index (χ1v) is 6.42. The van der Waals surface area contributed by atoms with Gasteiger partial charge >= 0.3 is 0 Å². The number of pyridine rings is 1. The van der Waals surface area contributed by atoms with Crippen molar-refractivity contribution in [1.29, 1.82) is 0 Å². The summed E-state index contributed by atoms with van der Waals surface area (Å²) in [5.74, 6) is 0.299. The number of carbonyl (C=O) groups is 1. The zero-order valence-corrected chi connectivity index (χ0v) is 11.5. The minimum absolute atomic E-state index is 0.0875. The lowest BCUT2D eigenvalue weighted by Crippen LogP contribution is -2.30. The lowest BCUT2D eigenvalue weighted by atomic mass is 10.3. The predicted molar refractivity (Wildman–Crippen MR) is 76.2 cm³/mol. The van der Waals surface area contributed by atoms with E-state index in [9.17, 15) is 4.79 Å². The summed E-state index contributed by atoms with van der Waals surface area (Å²) >= 11 is 0. The summed E-state index contributed by atoms with van der Waals surface area (Å²) in [7, 11) is 0. The van der Waals surface area contributed by atoms with Crippen LogP contribution >= 0.6 is 0 Å². The molecule has 2 heterocycles. The Morgan fingerprint density at radius 1 is 1.20 bits per heavy atom. The third-order valence-electron chi connectivity index (χ3n) is 2.49. The zero-order chi connectivity index (χ0) is 14.4. The van der Waals surface area contributed by atoms with Crippen molar-refractivity contribution < 1.29 is 4.79 Å². The highest BCUT2D eigenvalue weighted by Gasteiger charge is 2.08. The molecular weight excluding hydrogens is 254 g/mol. The summed E-state index contributed by atoms with van der Waals surface area (Å²) in [4.78, 5) is 24.1. The van der Waals surface area contributed by atoms with Crippen LogP contribution < -0.4 is 10.6 Å². The molecule has 6 heteroatoms. The standard InChI is InChI=1S/C14H17N5O/c1-10(2)19-13(20)11-7-16-14(17-8-11)18-9-12-5-3-4-6-15-12/h3-8,10H,9H2,1-2H3,(H,19,20)(H,16,17,18). The van der Waals surface area contributed by atoms with Crippen LogP contribution in [0.3, 0.4) is 0 Å². The second-order valence-corrected chi connectivity index (χ2v) is 4.60. The molecule has 0 aromatic carbocycles. The van der Waals surface area contributed by atoms with Crippen molar-refractivity contribution in [1.82, 2.24) is 20.3 Å². The van der Waals surface area contributed by atoms with Gasteiger partial charge in [-0.15, -0.1) is 0 Å². The number of aromatic nitrogens is 3. The van der Waals surface area contributed by atoms with Crippen LogP contribution in [0.25, 0.3) is 0 Å². The molecule has 0 bridgehead atoms. The first-order chi connectivity index (χ1) is 9.65. The average Bonchev–Trinajstić information content (AvgIpc) is 2.46. The summed E-state index contributed by atoms with van der Waals surface area (Å²) in [6, 6.07) is 5.79. The molecule has 2 aromatic rings. The molecule has 0 aliphatic heterocycles. The molecule has 0 fully saturated rings. The number of nitrogens with one attached hydrogen (secondary N) is 2. The van der Waals surface area contributed by atoms with E-state index in [1.165, 1.54) is 12.4 Å². The molecule has 2 rings (SSSR count). The van der Waals surface area contributed by atoms with Gasteiger partial charge in [0.15, 0.2) is 0 Å². The van der Waals surface area contributed by atoms with Crippen molar-refractivity contribution >= 4 is 11.9 Å². The fraction of sp³-hybridized carbons (Fsp3) is 0.286. The molecule has 6 nitrogen and oxygen atoms in total.